The predicted octanol–water partition coefficient (Wildman–Crippen LogP) is 0.171. The molecule has 0 aromatic heterocycles. The highest BCUT2D eigenvalue weighted by Crippen LogP contribution is 2.64. The molecular formula is C7H8O2. The van der Waals surface area contributed by atoms with Crippen molar-refractivity contribution >= 4 is 0 Å². The normalized spacial score (nSPS) is 80.0. The molecule has 0 aromatic rings. The highest BCUT2D eigenvalue weighted by atomic mass is 16.6. The van der Waals surface area contributed by atoms with E-state index >= 15 is 0 Å². The molecule has 9 heavy (non-hydrogen) atoms. The Hall–Kier alpha value is -0.0800. The maximum atomic E-state index is 5.46. The molecule has 2 saturated carbocycles. The summed E-state index contributed by atoms with van der Waals surface area (Å²) in [7, 11) is 0. The number of ether oxygens (including phenoxy) is 2. The fraction of sp³-hybridized carbons (Fsp3) is 1.00. The lowest BCUT2D eigenvalue weighted by atomic mass is 10.0. The molecule has 2 saturated heterocycles. The van der Waals surface area contributed by atoms with Gasteiger partial charge in [-0.15, -0.1) is 0 Å². The number of fused-ring (bicyclic) bond motifs is 8. The van der Waals surface area contributed by atoms with Crippen LogP contribution in [0.4, 0.5) is 0 Å². The van der Waals surface area contributed by atoms with Gasteiger partial charge in [-0.3, -0.25) is 0 Å². The van der Waals surface area contributed by atoms with Crippen molar-refractivity contribution in [3.8, 4) is 0 Å². The quantitative estimate of drug-likeness (QED) is 0.430. The van der Waals surface area contributed by atoms with Crippen molar-refractivity contribution in [3.63, 3.8) is 0 Å². The second-order valence-corrected chi connectivity index (χ2v) is 3.69. The van der Waals surface area contributed by atoms with E-state index in [4.69, 9.17) is 9.47 Å². The van der Waals surface area contributed by atoms with Gasteiger partial charge in [-0.05, 0) is 6.42 Å². The molecule has 2 heterocycles. The van der Waals surface area contributed by atoms with Crippen molar-refractivity contribution < 1.29 is 9.47 Å². The monoisotopic (exact) mass is 124 g/mol. The van der Waals surface area contributed by atoms with Gasteiger partial charge in [0, 0.05) is 11.8 Å². The van der Waals surface area contributed by atoms with E-state index in [2.05, 4.69) is 0 Å². The SMILES string of the molecule is C1C2C3OC3C1C1OC21. The third kappa shape index (κ3) is 0.272. The highest BCUT2D eigenvalue weighted by molar-refractivity contribution is 5.21. The van der Waals surface area contributed by atoms with Crippen LogP contribution < -0.4 is 0 Å². The Morgan fingerprint density at radius 1 is 0.778 bits per heavy atom. The van der Waals surface area contributed by atoms with Crippen LogP contribution in [0.25, 0.3) is 0 Å². The summed E-state index contributed by atoms with van der Waals surface area (Å²) >= 11 is 0. The smallest absolute Gasteiger partial charge is 0.0899 e. The molecular weight excluding hydrogens is 116 g/mol. The molecule has 0 amide bonds. The van der Waals surface area contributed by atoms with Crippen LogP contribution in [-0.2, 0) is 9.47 Å². The van der Waals surface area contributed by atoms with Gasteiger partial charge in [0.25, 0.3) is 0 Å². The lowest BCUT2D eigenvalue weighted by Gasteiger charge is -2.03. The largest absolute Gasteiger partial charge is 0.369 e. The van der Waals surface area contributed by atoms with Crippen molar-refractivity contribution in [2.75, 3.05) is 0 Å². The van der Waals surface area contributed by atoms with E-state index in [0.717, 1.165) is 11.8 Å². The molecule has 2 bridgehead atoms. The van der Waals surface area contributed by atoms with Gasteiger partial charge >= 0.3 is 0 Å². The van der Waals surface area contributed by atoms with Gasteiger partial charge in [0.1, 0.15) is 0 Å². The van der Waals surface area contributed by atoms with E-state index < -0.39 is 0 Å². The topological polar surface area (TPSA) is 25.1 Å². The van der Waals surface area contributed by atoms with Crippen LogP contribution >= 0.6 is 0 Å². The first-order valence-electron chi connectivity index (χ1n) is 3.76. The van der Waals surface area contributed by atoms with Crippen LogP contribution in [0.2, 0.25) is 0 Å². The molecule has 0 N–H and O–H groups in total. The van der Waals surface area contributed by atoms with E-state index in [-0.39, 0.29) is 0 Å². The van der Waals surface area contributed by atoms with E-state index in [1.807, 2.05) is 0 Å². The molecule has 2 heteroatoms. The first-order valence-corrected chi connectivity index (χ1v) is 3.76. The second kappa shape index (κ2) is 0.867. The summed E-state index contributed by atoms with van der Waals surface area (Å²) in [6.07, 6.45) is 3.96. The maximum absolute atomic E-state index is 5.46. The van der Waals surface area contributed by atoms with Gasteiger partial charge in [-0.1, -0.05) is 0 Å². The maximum Gasteiger partial charge on any atom is 0.0899 e. The third-order valence-electron chi connectivity index (χ3n) is 3.36. The van der Waals surface area contributed by atoms with Crippen LogP contribution in [0.1, 0.15) is 6.42 Å². The van der Waals surface area contributed by atoms with Crippen LogP contribution in [-0.4, -0.2) is 24.4 Å². The minimum Gasteiger partial charge on any atom is -0.369 e. The van der Waals surface area contributed by atoms with Gasteiger partial charge < -0.3 is 9.47 Å². The molecule has 48 valence electrons. The van der Waals surface area contributed by atoms with Crippen molar-refractivity contribution in [1.29, 1.82) is 0 Å². The number of hydrogen-bond acceptors (Lipinski definition) is 2. The highest BCUT2D eigenvalue weighted by Gasteiger charge is 2.74. The fourth-order valence-electron chi connectivity index (χ4n) is 2.88. The zero-order valence-electron chi connectivity index (χ0n) is 4.99. The molecule has 2 nitrogen and oxygen atoms in total. The molecule has 4 atom stereocenters. The second-order valence-electron chi connectivity index (χ2n) is 3.69. The summed E-state index contributed by atoms with van der Waals surface area (Å²) in [6.45, 7) is 0. The standard InChI is InChI=1S/C7H8O2/c1-2-4-6(8-4)3(1)7-5(2)9-7/h2-7H,1H2. The molecule has 0 aromatic carbocycles. The molecule has 4 unspecified atom stereocenters. The minimum atomic E-state index is 0.638. The zero-order valence-corrected chi connectivity index (χ0v) is 4.99. The summed E-state index contributed by atoms with van der Waals surface area (Å²) in [5.41, 5.74) is 0. The van der Waals surface area contributed by atoms with Crippen LogP contribution in [0, 0.1) is 11.8 Å². The fourth-order valence-corrected chi connectivity index (χ4v) is 2.88. The van der Waals surface area contributed by atoms with Gasteiger partial charge in [0.05, 0.1) is 24.4 Å². The Bertz CT molecular complexity index is 155. The number of epoxide rings is 2. The average molecular weight is 124 g/mol. The lowest BCUT2D eigenvalue weighted by Crippen LogP contribution is -2.14. The first-order chi connectivity index (χ1) is 4.45. The summed E-state index contributed by atoms with van der Waals surface area (Å²) in [5.74, 6) is 1.62. The summed E-state index contributed by atoms with van der Waals surface area (Å²) in [6, 6.07) is 0. The molecule has 0 spiro atoms. The Labute approximate surface area is 53.1 Å². The van der Waals surface area contributed by atoms with Crippen molar-refractivity contribution in [2.45, 2.75) is 30.8 Å². The van der Waals surface area contributed by atoms with E-state index in [0.29, 0.717) is 24.4 Å². The molecule has 4 rings (SSSR count). The lowest BCUT2D eigenvalue weighted by molar-refractivity contribution is 0.161. The minimum absolute atomic E-state index is 0.638. The molecule has 0 radical (unpaired) electrons. The van der Waals surface area contributed by atoms with Crippen LogP contribution in [0.3, 0.4) is 0 Å². The summed E-state index contributed by atoms with van der Waals surface area (Å²) < 4.78 is 10.9. The Morgan fingerprint density at radius 3 is 1.56 bits per heavy atom. The van der Waals surface area contributed by atoms with Crippen LogP contribution in [0.15, 0.2) is 0 Å². The Kier molecular flexibility index (Phi) is 0.379. The van der Waals surface area contributed by atoms with Gasteiger partial charge in [0.15, 0.2) is 0 Å². The Balaban J connectivity index is 1.91. The zero-order chi connectivity index (χ0) is 5.59. The molecule has 4 fully saturated rings. The first kappa shape index (κ1) is 3.94. The van der Waals surface area contributed by atoms with Crippen LogP contribution in [0.5, 0.6) is 0 Å². The summed E-state index contributed by atoms with van der Waals surface area (Å²) in [5, 5.41) is 0. The van der Waals surface area contributed by atoms with Gasteiger partial charge in [-0.2, -0.15) is 0 Å². The van der Waals surface area contributed by atoms with E-state index in [9.17, 15) is 0 Å². The summed E-state index contributed by atoms with van der Waals surface area (Å²) in [4.78, 5) is 0. The average Bonchev–Trinajstić information content (AvgIpc) is 2.74. The van der Waals surface area contributed by atoms with Gasteiger partial charge in [0.2, 0.25) is 0 Å². The molecule has 4 aliphatic rings. The molecule has 2 aliphatic heterocycles. The van der Waals surface area contributed by atoms with Crippen molar-refractivity contribution in [2.24, 2.45) is 11.8 Å². The molecule has 2 aliphatic carbocycles. The predicted molar refractivity (Wildman–Crippen MR) is 28.9 cm³/mol. The van der Waals surface area contributed by atoms with E-state index in [1.54, 1.807) is 0 Å². The van der Waals surface area contributed by atoms with Crippen molar-refractivity contribution in [3.05, 3.63) is 0 Å². The van der Waals surface area contributed by atoms with E-state index in [1.165, 1.54) is 6.42 Å². The van der Waals surface area contributed by atoms with Crippen molar-refractivity contribution in [1.82, 2.24) is 0 Å². The Morgan fingerprint density at radius 2 is 1.22 bits per heavy atom. The number of hydrogen-bond donors (Lipinski definition) is 0. The number of rotatable bonds is 0. The van der Waals surface area contributed by atoms with Gasteiger partial charge in [-0.25, -0.2) is 0 Å². The third-order valence-corrected chi connectivity index (χ3v) is 3.36.